The fourth-order valence-corrected chi connectivity index (χ4v) is 10.8. The van der Waals surface area contributed by atoms with Crippen LogP contribution in [0, 0.1) is 27.7 Å². The molecule has 0 aliphatic heterocycles. The summed E-state index contributed by atoms with van der Waals surface area (Å²) in [6.07, 6.45) is 0. The Kier molecular flexibility index (Phi) is 7.65. The second-order valence-electron chi connectivity index (χ2n) is 9.98. The van der Waals surface area contributed by atoms with Crippen LogP contribution >= 0.6 is 0 Å². The Bertz CT molecular complexity index is 1160. The summed E-state index contributed by atoms with van der Waals surface area (Å²) in [7, 11) is 6.12. The van der Waals surface area contributed by atoms with E-state index in [0.717, 1.165) is 0 Å². The third kappa shape index (κ3) is 4.60. The van der Waals surface area contributed by atoms with Gasteiger partial charge < -0.3 is 18.3 Å². The number of hydrogen-bond donors (Lipinski definition) is 0. The van der Waals surface area contributed by atoms with Crippen LogP contribution in [0.5, 0.6) is 0 Å². The monoisotopic (exact) mass is 508 g/mol. The van der Waals surface area contributed by atoms with Gasteiger partial charge in [-0.15, -0.1) is 0 Å². The van der Waals surface area contributed by atoms with Gasteiger partial charge in [0, 0.05) is 50.9 Å². The molecular formula is C32H40N4Si. The fourth-order valence-electron chi connectivity index (χ4n) is 5.76. The Balaban J connectivity index is 2.10. The predicted molar refractivity (Wildman–Crippen MR) is 164 cm³/mol. The summed E-state index contributed by atoms with van der Waals surface area (Å²) < 4.78 is 10.2. The van der Waals surface area contributed by atoms with Crippen LogP contribution in [0.2, 0.25) is 0 Å². The van der Waals surface area contributed by atoms with Crippen LogP contribution in [0.4, 0.5) is 22.7 Å². The molecule has 5 heteroatoms. The highest BCUT2D eigenvalue weighted by Gasteiger charge is 2.56. The lowest BCUT2D eigenvalue weighted by molar-refractivity contribution is 0.983. The Morgan fingerprint density at radius 1 is 0.351 bits per heavy atom. The molecular weight excluding hydrogens is 468 g/mol. The van der Waals surface area contributed by atoms with Crippen LogP contribution in [0.15, 0.2) is 97.1 Å². The topological polar surface area (TPSA) is 13.0 Å². The molecule has 192 valence electrons. The smallest absolute Gasteiger partial charge is 0.349 e. The van der Waals surface area contributed by atoms with Crippen molar-refractivity contribution in [2.24, 2.45) is 0 Å². The molecule has 0 bridgehead atoms. The lowest BCUT2D eigenvalue weighted by atomic mass is 10.2. The minimum absolute atomic E-state index is 1.23. The van der Waals surface area contributed by atoms with Crippen molar-refractivity contribution >= 4 is 31.5 Å². The highest BCUT2D eigenvalue weighted by Crippen LogP contribution is 2.39. The number of nitrogens with zero attached hydrogens (tertiary/aromatic N) is 4. The van der Waals surface area contributed by atoms with Crippen molar-refractivity contribution in [2.45, 2.75) is 27.7 Å². The largest absolute Gasteiger partial charge is 0.502 e. The molecule has 4 aromatic carbocycles. The summed E-state index contributed by atoms with van der Waals surface area (Å²) in [5, 5.41) is 0. The molecule has 0 radical (unpaired) electrons. The molecule has 0 aliphatic rings. The zero-order valence-electron chi connectivity index (χ0n) is 23.5. The SMILES string of the molecule is Cc1ccccc1N(C)[Si](N(C)c1ccccc1C)(N(C)c1ccccc1C)N(C)c1ccccc1C. The number of para-hydroxylation sites is 4. The molecule has 37 heavy (non-hydrogen) atoms. The van der Waals surface area contributed by atoms with E-state index in [1.54, 1.807) is 0 Å². The first-order valence-electron chi connectivity index (χ1n) is 12.9. The van der Waals surface area contributed by atoms with E-state index in [0.29, 0.717) is 0 Å². The second kappa shape index (κ2) is 10.7. The number of hydrogen-bond acceptors (Lipinski definition) is 4. The van der Waals surface area contributed by atoms with Gasteiger partial charge >= 0.3 is 8.72 Å². The molecule has 0 amide bonds. The lowest BCUT2D eigenvalue weighted by Gasteiger charge is -2.56. The Labute approximate surface area is 224 Å². The molecule has 4 rings (SSSR count). The first-order valence-corrected chi connectivity index (χ1v) is 14.7. The maximum atomic E-state index is 2.55. The normalized spacial score (nSPS) is 11.2. The van der Waals surface area contributed by atoms with Gasteiger partial charge in [0.25, 0.3) is 0 Å². The number of aryl methyl sites for hydroxylation is 4. The highest BCUT2D eigenvalue weighted by molar-refractivity contribution is 6.92. The minimum Gasteiger partial charge on any atom is -0.349 e. The molecule has 0 fully saturated rings. The van der Waals surface area contributed by atoms with Gasteiger partial charge in [0.2, 0.25) is 0 Å². The van der Waals surface area contributed by atoms with Crippen molar-refractivity contribution in [2.75, 3.05) is 46.5 Å². The Morgan fingerprint density at radius 2 is 0.541 bits per heavy atom. The van der Waals surface area contributed by atoms with Gasteiger partial charge in [-0.1, -0.05) is 72.8 Å². The third-order valence-corrected chi connectivity index (χ3v) is 12.3. The molecule has 4 nitrogen and oxygen atoms in total. The third-order valence-electron chi connectivity index (χ3n) is 7.71. The zero-order chi connectivity index (χ0) is 26.7. The lowest BCUT2D eigenvalue weighted by Crippen LogP contribution is -2.82. The average molecular weight is 509 g/mol. The van der Waals surface area contributed by atoms with Crippen molar-refractivity contribution in [3.05, 3.63) is 119 Å². The van der Waals surface area contributed by atoms with Crippen molar-refractivity contribution in [3.63, 3.8) is 0 Å². The summed E-state index contributed by atoms with van der Waals surface area (Å²) in [4.78, 5) is 0. The first kappa shape index (κ1) is 26.4. The predicted octanol–water partition coefficient (Wildman–Crippen LogP) is 7.20. The van der Waals surface area contributed by atoms with Gasteiger partial charge in [-0.05, 0) is 74.2 Å². The highest BCUT2D eigenvalue weighted by atomic mass is 28.4. The summed E-state index contributed by atoms with van der Waals surface area (Å²) in [6, 6.07) is 34.9. The van der Waals surface area contributed by atoms with Crippen molar-refractivity contribution in [3.8, 4) is 0 Å². The minimum atomic E-state index is -2.96. The van der Waals surface area contributed by atoms with Crippen LogP contribution < -0.4 is 18.3 Å². The molecule has 0 aliphatic carbocycles. The quantitative estimate of drug-likeness (QED) is 0.233. The summed E-state index contributed by atoms with van der Waals surface area (Å²) >= 11 is 0. The van der Waals surface area contributed by atoms with E-state index in [4.69, 9.17) is 0 Å². The van der Waals surface area contributed by atoms with Gasteiger partial charge in [0.05, 0.1) is 0 Å². The van der Waals surface area contributed by atoms with E-state index < -0.39 is 8.72 Å². The number of benzene rings is 4. The van der Waals surface area contributed by atoms with E-state index in [1.807, 2.05) is 0 Å². The van der Waals surface area contributed by atoms with Crippen LogP contribution in [0.25, 0.3) is 0 Å². The molecule has 0 spiro atoms. The van der Waals surface area contributed by atoms with Crippen LogP contribution in [0.3, 0.4) is 0 Å². The van der Waals surface area contributed by atoms with E-state index in [-0.39, 0.29) is 0 Å². The van der Waals surface area contributed by atoms with Crippen molar-refractivity contribution in [1.29, 1.82) is 0 Å². The standard InChI is InChI=1S/C32H40N4Si/c1-25-17-9-13-21-29(25)33(5)37(34(6)30-22-14-10-18-26(30)2,35(7)31-23-15-11-19-27(31)3)36(8)32-24-16-12-20-28(32)4/h9-24H,1-8H3. The van der Waals surface area contributed by atoms with Gasteiger partial charge in [0.1, 0.15) is 0 Å². The summed E-state index contributed by atoms with van der Waals surface area (Å²) in [6.45, 7) is 8.83. The van der Waals surface area contributed by atoms with E-state index in [9.17, 15) is 0 Å². The second-order valence-corrected chi connectivity index (χ2v) is 13.9. The zero-order valence-corrected chi connectivity index (χ0v) is 24.5. The van der Waals surface area contributed by atoms with Gasteiger partial charge in [0.15, 0.2) is 0 Å². The fraction of sp³-hybridized carbons (Fsp3) is 0.250. The first-order chi connectivity index (χ1) is 17.7. The van der Waals surface area contributed by atoms with Crippen molar-refractivity contribution < 1.29 is 0 Å². The van der Waals surface area contributed by atoms with E-state index in [1.165, 1.54) is 45.0 Å². The molecule has 0 heterocycles. The maximum absolute atomic E-state index is 2.96. The van der Waals surface area contributed by atoms with Crippen LogP contribution in [-0.4, -0.2) is 36.9 Å². The molecule has 0 unspecified atom stereocenters. The summed E-state index contributed by atoms with van der Waals surface area (Å²) in [5.74, 6) is 0. The Hall–Kier alpha value is -3.70. The van der Waals surface area contributed by atoms with Gasteiger partial charge in [-0.3, -0.25) is 0 Å². The number of anilines is 4. The van der Waals surface area contributed by atoms with Crippen LogP contribution in [-0.2, 0) is 0 Å². The molecule has 0 saturated heterocycles. The van der Waals surface area contributed by atoms with Gasteiger partial charge in [-0.25, -0.2) is 0 Å². The van der Waals surface area contributed by atoms with Crippen molar-refractivity contribution in [1.82, 2.24) is 0 Å². The van der Waals surface area contributed by atoms with E-state index in [2.05, 4.69) is 171 Å². The van der Waals surface area contributed by atoms with E-state index >= 15 is 0 Å². The number of rotatable bonds is 8. The molecule has 0 N–H and O–H groups in total. The van der Waals surface area contributed by atoms with Gasteiger partial charge in [-0.2, -0.15) is 0 Å². The van der Waals surface area contributed by atoms with Crippen LogP contribution in [0.1, 0.15) is 22.3 Å². The summed E-state index contributed by atoms with van der Waals surface area (Å²) in [5.41, 5.74) is 9.97. The molecule has 0 aromatic heterocycles. The average Bonchev–Trinajstić information content (AvgIpc) is 2.89. The Morgan fingerprint density at radius 3 is 0.730 bits per heavy atom. The molecule has 0 saturated carbocycles. The maximum Gasteiger partial charge on any atom is 0.502 e. The molecule has 4 aromatic rings. The molecule has 0 atom stereocenters.